The van der Waals surface area contributed by atoms with Crippen molar-refractivity contribution in [1.82, 2.24) is 4.90 Å². The zero-order chi connectivity index (χ0) is 12.5. The second kappa shape index (κ2) is 4.57. The Kier molecular flexibility index (Phi) is 3.77. The quantitative estimate of drug-likeness (QED) is 0.738. The van der Waals surface area contributed by atoms with Gasteiger partial charge in [-0.1, -0.05) is 6.92 Å². The van der Waals surface area contributed by atoms with Crippen molar-refractivity contribution in [3.05, 3.63) is 0 Å². The number of aliphatic hydroxyl groups is 1. The van der Waals surface area contributed by atoms with Crippen LogP contribution in [0.5, 0.6) is 0 Å². The van der Waals surface area contributed by atoms with E-state index in [1.165, 1.54) is 0 Å². The van der Waals surface area contributed by atoms with Gasteiger partial charge in [-0.05, 0) is 12.3 Å². The molecular weight excluding hydrogens is 230 g/mol. The van der Waals surface area contributed by atoms with Crippen molar-refractivity contribution in [1.29, 1.82) is 0 Å². The molecule has 1 aliphatic heterocycles. The fraction of sp³-hybridized carbons (Fsp3) is 0.889. The van der Waals surface area contributed by atoms with Crippen molar-refractivity contribution in [2.45, 2.75) is 31.8 Å². The molecule has 94 valence electrons. The molecular formula is C9H13F4NO2. The molecule has 1 saturated heterocycles. The number of halogens is 4. The van der Waals surface area contributed by atoms with Crippen LogP contribution in [0.3, 0.4) is 0 Å². The standard InChI is InChI=1S/C9H13F4NO2/c1-5-2-3-14(4-6(5)15)8(16)9(12,13)7(10)11/h5-7,15H,2-4H2,1H3. The summed E-state index contributed by atoms with van der Waals surface area (Å²) in [6.45, 7) is 1.36. The molecule has 1 fully saturated rings. The van der Waals surface area contributed by atoms with Gasteiger partial charge >= 0.3 is 12.3 Å². The Morgan fingerprint density at radius 2 is 2.06 bits per heavy atom. The normalized spacial score (nSPS) is 27.3. The third kappa shape index (κ3) is 2.45. The Morgan fingerprint density at radius 1 is 1.50 bits per heavy atom. The molecule has 0 aliphatic carbocycles. The van der Waals surface area contributed by atoms with E-state index in [0.29, 0.717) is 11.3 Å². The van der Waals surface area contributed by atoms with Crippen LogP contribution in [-0.2, 0) is 4.79 Å². The van der Waals surface area contributed by atoms with Crippen LogP contribution in [-0.4, -0.2) is 47.5 Å². The molecule has 0 bridgehead atoms. The number of carbonyl (C=O) groups is 1. The topological polar surface area (TPSA) is 40.5 Å². The smallest absolute Gasteiger partial charge is 0.383 e. The Morgan fingerprint density at radius 3 is 2.50 bits per heavy atom. The third-order valence-corrected chi connectivity index (χ3v) is 2.77. The summed E-state index contributed by atoms with van der Waals surface area (Å²) in [7, 11) is 0. The lowest BCUT2D eigenvalue weighted by Gasteiger charge is -2.35. The lowest BCUT2D eigenvalue weighted by atomic mass is 9.96. The van der Waals surface area contributed by atoms with Crippen molar-refractivity contribution < 1.29 is 27.5 Å². The van der Waals surface area contributed by atoms with Gasteiger partial charge in [0, 0.05) is 13.1 Å². The lowest BCUT2D eigenvalue weighted by Crippen LogP contribution is -2.53. The summed E-state index contributed by atoms with van der Waals surface area (Å²) in [5, 5.41) is 9.38. The predicted octanol–water partition coefficient (Wildman–Crippen LogP) is 1.12. The maximum absolute atomic E-state index is 12.7. The molecule has 1 heterocycles. The molecule has 16 heavy (non-hydrogen) atoms. The molecule has 2 unspecified atom stereocenters. The average molecular weight is 243 g/mol. The van der Waals surface area contributed by atoms with E-state index >= 15 is 0 Å². The van der Waals surface area contributed by atoms with Crippen LogP contribution < -0.4 is 0 Å². The second-order valence-electron chi connectivity index (χ2n) is 4.01. The van der Waals surface area contributed by atoms with Crippen LogP contribution in [0.4, 0.5) is 17.6 Å². The van der Waals surface area contributed by atoms with E-state index in [0.717, 1.165) is 0 Å². The summed E-state index contributed by atoms with van der Waals surface area (Å²) in [5.41, 5.74) is 0. The minimum absolute atomic E-state index is 0.0284. The zero-order valence-corrected chi connectivity index (χ0v) is 8.67. The zero-order valence-electron chi connectivity index (χ0n) is 8.67. The van der Waals surface area contributed by atoms with Gasteiger partial charge in [-0.15, -0.1) is 0 Å². The van der Waals surface area contributed by atoms with Crippen molar-refractivity contribution in [3.8, 4) is 0 Å². The molecule has 0 aromatic rings. The molecule has 1 rings (SSSR count). The number of rotatable bonds is 2. The van der Waals surface area contributed by atoms with Gasteiger partial charge < -0.3 is 10.0 Å². The van der Waals surface area contributed by atoms with Crippen LogP contribution in [0.25, 0.3) is 0 Å². The summed E-state index contributed by atoms with van der Waals surface area (Å²) < 4.78 is 49.3. The largest absolute Gasteiger partial charge is 0.391 e. The van der Waals surface area contributed by atoms with E-state index in [1.807, 2.05) is 0 Å². The molecule has 2 atom stereocenters. The number of aliphatic hydroxyl groups excluding tert-OH is 1. The van der Waals surface area contributed by atoms with Gasteiger partial charge in [0.05, 0.1) is 6.10 Å². The van der Waals surface area contributed by atoms with Gasteiger partial charge in [-0.25, -0.2) is 8.78 Å². The lowest BCUT2D eigenvalue weighted by molar-refractivity contribution is -0.184. The number of β-amino-alcohol motifs (C(OH)–C–C–N with tert-alkyl or cyclic N) is 1. The molecule has 7 heteroatoms. The number of likely N-dealkylation sites (tertiary alicyclic amines) is 1. The van der Waals surface area contributed by atoms with E-state index in [2.05, 4.69) is 0 Å². The number of amides is 1. The van der Waals surface area contributed by atoms with Crippen molar-refractivity contribution in [3.63, 3.8) is 0 Å². The Bertz CT molecular complexity index is 272. The highest BCUT2D eigenvalue weighted by Crippen LogP contribution is 2.27. The average Bonchev–Trinajstić information content (AvgIpc) is 2.20. The number of alkyl halides is 4. The third-order valence-electron chi connectivity index (χ3n) is 2.77. The molecule has 1 amide bonds. The summed E-state index contributed by atoms with van der Waals surface area (Å²) in [6.07, 6.45) is -4.63. The van der Waals surface area contributed by atoms with Crippen molar-refractivity contribution >= 4 is 5.91 Å². The van der Waals surface area contributed by atoms with E-state index in [1.54, 1.807) is 6.92 Å². The predicted molar refractivity (Wildman–Crippen MR) is 47.3 cm³/mol. The number of hydrogen-bond donors (Lipinski definition) is 1. The van der Waals surface area contributed by atoms with Crippen LogP contribution >= 0.6 is 0 Å². The fourth-order valence-corrected chi connectivity index (χ4v) is 1.54. The summed E-state index contributed by atoms with van der Waals surface area (Å²) in [6, 6.07) is 0. The first-order chi connectivity index (χ1) is 7.26. The monoisotopic (exact) mass is 243 g/mol. The maximum atomic E-state index is 12.7. The minimum Gasteiger partial charge on any atom is -0.391 e. The van der Waals surface area contributed by atoms with Gasteiger partial charge in [0.15, 0.2) is 0 Å². The van der Waals surface area contributed by atoms with Crippen LogP contribution in [0.2, 0.25) is 0 Å². The molecule has 1 aliphatic rings. The first-order valence-corrected chi connectivity index (χ1v) is 4.90. The van der Waals surface area contributed by atoms with E-state index < -0.39 is 24.4 Å². The summed E-state index contributed by atoms with van der Waals surface area (Å²) >= 11 is 0. The highest BCUT2D eigenvalue weighted by molar-refractivity contribution is 5.84. The number of hydrogen-bond acceptors (Lipinski definition) is 2. The highest BCUT2D eigenvalue weighted by atomic mass is 19.3. The second-order valence-corrected chi connectivity index (χ2v) is 4.01. The number of piperidine rings is 1. The number of nitrogens with zero attached hydrogens (tertiary/aromatic N) is 1. The Balaban J connectivity index is 2.69. The molecule has 0 aromatic heterocycles. The van der Waals surface area contributed by atoms with Crippen molar-refractivity contribution in [2.75, 3.05) is 13.1 Å². The summed E-state index contributed by atoms with van der Waals surface area (Å²) in [4.78, 5) is 11.7. The Labute approximate surface area is 90.0 Å². The molecule has 1 N–H and O–H groups in total. The van der Waals surface area contributed by atoms with E-state index in [4.69, 9.17) is 0 Å². The molecule has 0 aromatic carbocycles. The first-order valence-electron chi connectivity index (χ1n) is 4.90. The van der Waals surface area contributed by atoms with Gasteiger partial charge in [0.2, 0.25) is 0 Å². The number of carbonyl (C=O) groups excluding carboxylic acids is 1. The minimum atomic E-state index is -4.67. The van der Waals surface area contributed by atoms with Crippen molar-refractivity contribution in [2.24, 2.45) is 5.92 Å². The fourth-order valence-electron chi connectivity index (χ4n) is 1.54. The van der Waals surface area contributed by atoms with E-state index in [9.17, 15) is 27.5 Å². The molecule has 0 saturated carbocycles. The van der Waals surface area contributed by atoms with Crippen LogP contribution in [0, 0.1) is 5.92 Å². The molecule has 0 radical (unpaired) electrons. The van der Waals surface area contributed by atoms with Crippen LogP contribution in [0.1, 0.15) is 13.3 Å². The highest BCUT2D eigenvalue weighted by Gasteiger charge is 2.51. The van der Waals surface area contributed by atoms with Gasteiger partial charge in [-0.2, -0.15) is 8.78 Å². The van der Waals surface area contributed by atoms with Gasteiger partial charge in [-0.3, -0.25) is 4.79 Å². The van der Waals surface area contributed by atoms with Gasteiger partial charge in [0.1, 0.15) is 0 Å². The molecule has 3 nitrogen and oxygen atoms in total. The maximum Gasteiger partial charge on any atom is 0.383 e. The SMILES string of the molecule is CC1CCN(C(=O)C(F)(F)C(F)F)CC1O. The Hall–Kier alpha value is -0.850. The van der Waals surface area contributed by atoms with Gasteiger partial charge in [0.25, 0.3) is 5.91 Å². The first kappa shape index (κ1) is 13.2. The van der Waals surface area contributed by atoms with E-state index in [-0.39, 0.29) is 19.0 Å². The van der Waals surface area contributed by atoms with Crippen LogP contribution in [0.15, 0.2) is 0 Å². The molecule has 0 spiro atoms. The summed E-state index contributed by atoms with van der Waals surface area (Å²) in [5.74, 6) is -6.70.